The van der Waals surface area contributed by atoms with Crippen LogP contribution in [0.25, 0.3) is 0 Å². The Labute approximate surface area is 151 Å². The molecule has 1 fully saturated rings. The summed E-state index contributed by atoms with van der Waals surface area (Å²) in [7, 11) is 0. The molecular formula is C18H14BrFN2O3. The highest BCUT2D eigenvalue weighted by molar-refractivity contribution is 9.10. The van der Waals surface area contributed by atoms with Crippen LogP contribution >= 0.6 is 15.9 Å². The van der Waals surface area contributed by atoms with Crippen molar-refractivity contribution in [1.82, 2.24) is 4.98 Å². The normalized spacial score (nSPS) is 19.4. The van der Waals surface area contributed by atoms with Crippen LogP contribution in [0.1, 0.15) is 28.8 Å². The zero-order chi connectivity index (χ0) is 17.6. The molecule has 0 saturated carbocycles. The van der Waals surface area contributed by atoms with Crippen molar-refractivity contribution in [2.75, 3.05) is 11.4 Å². The van der Waals surface area contributed by atoms with Crippen molar-refractivity contribution >= 4 is 33.3 Å². The summed E-state index contributed by atoms with van der Waals surface area (Å²) < 4.78 is 20.6. The van der Waals surface area contributed by atoms with Crippen LogP contribution in [0.4, 0.5) is 10.1 Å². The summed E-state index contributed by atoms with van der Waals surface area (Å²) >= 11 is 3.26. The third kappa shape index (κ3) is 2.93. The SMILES string of the molecule is O=C1CCc2c(F)cc(N3CC[C@@H](Oc4ccnc(Br)c4)C3=O)cc21. The number of ketones is 1. The maximum atomic E-state index is 14.3. The molecule has 2 aliphatic rings. The van der Waals surface area contributed by atoms with Gasteiger partial charge in [-0.1, -0.05) is 0 Å². The number of anilines is 1. The number of nitrogens with zero attached hydrogens (tertiary/aromatic N) is 2. The molecule has 1 atom stereocenters. The molecule has 0 bridgehead atoms. The highest BCUT2D eigenvalue weighted by Crippen LogP contribution is 2.32. The van der Waals surface area contributed by atoms with Crippen molar-refractivity contribution in [2.24, 2.45) is 0 Å². The summed E-state index contributed by atoms with van der Waals surface area (Å²) in [6.45, 7) is 0.419. The molecule has 7 heteroatoms. The molecule has 0 spiro atoms. The Bertz CT molecular complexity index is 887. The fraction of sp³-hybridized carbons (Fsp3) is 0.278. The van der Waals surface area contributed by atoms with Gasteiger partial charge in [0.25, 0.3) is 5.91 Å². The predicted octanol–water partition coefficient (Wildman–Crippen LogP) is 3.30. The van der Waals surface area contributed by atoms with Gasteiger partial charge in [0.2, 0.25) is 0 Å². The van der Waals surface area contributed by atoms with Gasteiger partial charge in [-0.25, -0.2) is 9.37 Å². The lowest BCUT2D eigenvalue weighted by Gasteiger charge is -2.18. The highest BCUT2D eigenvalue weighted by atomic mass is 79.9. The standard InChI is InChI=1S/C18H14BrFN2O3/c19-17-9-11(3-5-21-17)25-16-4-6-22(18(16)24)10-7-13-12(14(20)8-10)1-2-15(13)23/h3,5,7-9,16H,1-2,4,6H2/t16-/m1/s1. The second-order valence-electron chi connectivity index (χ2n) is 6.08. The first kappa shape index (κ1) is 16.2. The molecule has 4 rings (SSSR count). The van der Waals surface area contributed by atoms with Crippen LogP contribution in [0.3, 0.4) is 0 Å². The second-order valence-corrected chi connectivity index (χ2v) is 6.89. The van der Waals surface area contributed by atoms with E-state index in [0.717, 1.165) is 0 Å². The van der Waals surface area contributed by atoms with Crippen molar-refractivity contribution in [1.29, 1.82) is 0 Å². The van der Waals surface area contributed by atoms with Crippen molar-refractivity contribution in [2.45, 2.75) is 25.4 Å². The maximum Gasteiger partial charge on any atom is 0.268 e. The van der Waals surface area contributed by atoms with E-state index in [1.807, 2.05) is 0 Å². The molecule has 1 aliphatic heterocycles. The lowest BCUT2D eigenvalue weighted by atomic mass is 10.1. The van der Waals surface area contributed by atoms with Crippen LogP contribution in [0.2, 0.25) is 0 Å². The Kier molecular flexibility index (Phi) is 4.03. The lowest BCUT2D eigenvalue weighted by Crippen LogP contribution is -2.32. The Morgan fingerprint density at radius 2 is 2.08 bits per heavy atom. The number of hydrogen-bond donors (Lipinski definition) is 0. The van der Waals surface area contributed by atoms with Crippen LogP contribution in [-0.4, -0.2) is 29.3 Å². The number of ether oxygens (including phenoxy) is 1. The summed E-state index contributed by atoms with van der Waals surface area (Å²) in [5.74, 6) is -0.194. The van der Waals surface area contributed by atoms with E-state index in [1.54, 1.807) is 24.4 Å². The van der Waals surface area contributed by atoms with E-state index in [0.29, 0.717) is 53.0 Å². The molecule has 1 amide bonds. The molecule has 5 nitrogen and oxygen atoms in total. The smallest absolute Gasteiger partial charge is 0.268 e. The molecule has 1 aromatic carbocycles. The van der Waals surface area contributed by atoms with Crippen LogP contribution in [0, 0.1) is 5.82 Å². The molecule has 2 aromatic rings. The van der Waals surface area contributed by atoms with E-state index in [2.05, 4.69) is 20.9 Å². The largest absolute Gasteiger partial charge is 0.480 e. The van der Waals surface area contributed by atoms with Gasteiger partial charge in [0.1, 0.15) is 16.2 Å². The van der Waals surface area contributed by atoms with Gasteiger partial charge in [0.05, 0.1) is 0 Å². The van der Waals surface area contributed by atoms with Crippen LogP contribution < -0.4 is 9.64 Å². The first-order valence-corrected chi connectivity index (χ1v) is 8.77. The second kappa shape index (κ2) is 6.22. The fourth-order valence-corrected chi connectivity index (χ4v) is 3.64. The number of carbonyl (C=O) groups is 2. The van der Waals surface area contributed by atoms with Gasteiger partial charge < -0.3 is 9.64 Å². The Balaban J connectivity index is 1.57. The topological polar surface area (TPSA) is 59.5 Å². The van der Waals surface area contributed by atoms with Gasteiger partial charge in [-0.3, -0.25) is 9.59 Å². The quantitative estimate of drug-likeness (QED) is 0.736. The Hall–Kier alpha value is -2.28. The number of amides is 1. The van der Waals surface area contributed by atoms with Crippen LogP contribution in [0.5, 0.6) is 5.75 Å². The molecule has 1 aliphatic carbocycles. The van der Waals surface area contributed by atoms with Gasteiger partial charge in [-0.15, -0.1) is 0 Å². The summed E-state index contributed by atoms with van der Waals surface area (Å²) in [5.41, 5.74) is 1.26. The van der Waals surface area contributed by atoms with E-state index in [4.69, 9.17) is 4.74 Å². The van der Waals surface area contributed by atoms with Crippen molar-refractivity contribution in [3.05, 3.63) is 52.0 Å². The molecule has 0 unspecified atom stereocenters. The monoisotopic (exact) mass is 404 g/mol. The minimum absolute atomic E-state index is 0.0724. The fourth-order valence-electron chi connectivity index (χ4n) is 3.30. The molecule has 0 N–H and O–H groups in total. The number of pyridine rings is 1. The van der Waals surface area contributed by atoms with Crippen LogP contribution in [-0.2, 0) is 11.2 Å². The molecule has 1 aromatic heterocycles. The molecule has 128 valence electrons. The van der Waals surface area contributed by atoms with Crippen molar-refractivity contribution in [3.8, 4) is 5.75 Å². The first-order valence-electron chi connectivity index (χ1n) is 7.98. The predicted molar refractivity (Wildman–Crippen MR) is 92.4 cm³/mol. The Morgan fingerprint density at radius 1 is 1.24 bits per heavy atom. The molecular weight excluding hydrogens is 391 g/mol. The van der Waals surface area contributed by atoms with Gasteiger partial charge >= 0.3 is 0 Å². The average Bonchev–Trinajstić information content (AvgIpc) is 3.12. The Morgan fingerprint density at radius 3 is 2.88 bits per heavy atom. The molecule has 25 heavy (non-hydrogen) atoms. The number of Topliss-reactive ketones (excluding diaryl/α,β-unsaturated/α-hetero) is 1. The number of hydrogen-bond acceptors (Lipinski definition) is 4. The molecule has 0 radical (unpaired) electrons. The number of fused-ring (bicyclic) bond motifs is 1. The zero-order valence-electron chi connectivity index (χ0n) is 13.2. The number of rotatable bonds is 3. The minimum atomic E-state index is -0.638. The van der Waals surface area contributed by atoms with E-state index in [9.17, 15) is 14.0 Å². The average molecular weight is 405 g/mol. The number of aromatic nitrogens is 1. The highest BCUT2D eigenvalue weighted by Gasteiger charge is 2.36. The van der Waals surface area contributed by atoms with Crippen molar-refractivity contribution in [3.63, 3.8) is 0 Å². The zero-order valence-corrected chi connectivity index (χ0v) is 14.8. The minimum Gasteiger partial charge on any atom is -0.480 e. The third-order valence-electron chi connectivity index (χ3n) is 4.53. The summed E-state index contributed by atoms with van der Waals surface area (Å²) in [5, 5.41) is 0. The third-order valence-corrected chi connectivity index (χ3v) is 4.96. The van der Waals surface area contributed by atoms with E-state index in [-0.39, 0.29) is 11.7 Å². The molecule has 1 saturated heterocycles. The van der Waals surface area contributed by atoms with Gasteiger partial charge in [0, 0.05) is 42.9 Å². The maximum absolute atomic E-state index is 14.3. The van der Waals surface area contributed by atoms with Gasteiger partial charge in [0.15, 0.2) is 11.9 Å². The molecule has 2 heterocycles. The number of carbonyl (C=O) groups excluding carboxylic acids is 2. The van der Waals surface area contributed by atoms with E-state index in [1.165, 1.54) is 11.0 Å². The van der Waals surface area contributed by atoms with E-state index >= 15 is 0 Å². The van der Waals surface area contributed by atoms with E-state index < -0.39 is 11.9 Å². The number of halogens is 2. The summed E-state index contributed by atoms with van der Waals surface area (Å²) in [4.78, 5) is 30.0. The summed E-state index contributed by atoms with van der Waals surface area (Å²) in [6.07, 6.45) is 2.19. The van der Waals surface area contributed by atoms with Gasteiger partial charge in [-0.05, 0) is 46.1 Å². The van der Waals surface area contributed by atoms with Crippen LogP contribution in [0.15, 0.2) is 35.1 Å². The van der Waals surface area contributed by atoms with Gasteiger partial charge in [-0.2, -0.15) is 0 Å². The summed E-state index contributed by atoms with van der Waals surface area (Å²) in [6, 6.07) is 6.32. The number of benzene rings is 1. The first-order chi connectivity index (χ1) is 12.0. The van der Waals surface area contributed by atoms with Crippen molar-refractivity contribution < 1.29 is 18.7 Å². The lowest BCUT2D eigenvalue weighted by molar-refractivity contribution is -0.122.